The van der Waals surface area contributed by atoms with Crippen molar-refractivity contribution >= 4 is 23.2 Å². The zero-order valence-electron chi connectivity index (χ0n) is 16.3. The fourth-order valence-corrected chi connectivity index (χ4v) is 6.70. The van der Waals surface area contributed by atoms with Gasteiger partial charge in [-0.25, -0.2) is 4.39 Å². The molecule has 2 saturated carbocycles. The van der Waals surface area contributed by atoms with Gasteiger partial charge in [-0.1, -0.05) is 0 Å². The predicted octanol–water partition coefficient (Wildman–Crippen LogP) is 2.99. The second-order valence-corrected chi connectivity index (χ2v) is 10.4. The van der Waals surface area contributed by atoms with E-state index in [4.69, 9.17) is 23.2 Å². The molecule has 2 aliphatic heterocycles. The third-order valence-electron chi connectivity index (χ3n) is 7.33. The van der Waals surface area contributed by atoms with Crippen molar-refractivity contribution in [2.75, 3.05) is 39.3 Å². The number of hydrogen-bond donors (Lipinski definition) is 2. The van der Waals surface area contributed by atoms with Gasteiger partial charge in [-0.05, 0) is 50.9 Å². The van der Waals surface area contributed by atoms with Crippen LogP contribution in [0.3, 0.4) is 0 Å². The molecule has 2 aliphatic carbocycles. The van der Waals surface area contributed by atoms with Gasteiger partial charge in [0.15, 0.2) is 0 Å². The maximum atomic E-state index is 13.5. The van der Waals surface area contributed by atoms with E-state index in [2.05, 4.69) is 20.7 Å². The van der Waals surface area contributed by atoms with E-state index in [1.807, 2.05) is 0 Å². The number of hydrogen-bond acceptors (Lipinski definition) is 4. The number of piperazine rings is 1. The lowest BCUT2D eigenvalue weighted by molar-refractivity contribution is 0.0675. The van der Waals surface area contributed by atoms with E-state index < -0.39 is 6.17 Å². The van der Waals surface area contributed by atoms with Crippen LogP contribution in [0.1, 0.15) is 44.9 Å². The van der Waals surface area contributed by atoms with Gasteiger partial charge in [0, 0.05) is 68.0 Å². The normalized spacial score (nSPS) is 45.2. The molecule has 0 aromatic heterocycles. The molecule has 0 bridgehead atoms. The van der Waals surface area contributed by atoms with Crippen molar-refractivity contribution in [2.24, 2.45) is 11.8 Å². The van der Waals surface area contributed by atoms with Crippen molar-refractivity contribution in [2.45, 2.75) is 74.0 Å². The summed E-state index contributed by atoms with van der Waals surface area (Å²) in [6.45, 7) is 6.71. The Bertz CT molecular complexity index is 459. The minimum absolute atomic E-state index is 0.236. The van der Waals surface area contributed by atoms with E-state index in [1.54, 1.807) is 0 Å². The third-order valence-corrected chi connectivity index (χ3v) is 8.05. The largest absolute Gasteiger partial charge is 0.300 e. The van der Waals surface area contributed by atoms with Crippen molar-refractivity contribution < 1.29 is 4.39 Å². The van der Waals surface area contributed by atoms with E-state index in [9.17, 15) is 4.39 Å². The second kappa shape index (κ2) is 9.44. The molecular formula is C20H35Cl2FN4. The molecule has 0 aromatic carbocycles. The molecular weight excluding hydrogens is 386 g/mol. The number of nitrogens with one attached hydrogen (secondary N) is 2. The highest BCUT2D eigenvalue weighted by molar-refractivity contribution is 6.23. The Labute approximate surface area is 173 Å². The summed E-state index contributed by atoms with van der Waals surface area (Å²) in [6, 6.07) is 1.06. The van der Waals surface area contributed by atoms with Gasteiger partial charge in [0.05, 0.1) is 0 Å². The average Bonchev–Trinajstić information content (AvgIpc) is 3.10. The SMILES string of the molecule is FC1CCC(C2NNCC2CN2CCN(C3CC(Cl)CC(Cl)C3)CC2)CC1. The molecule has 4 fully saturated rings. The fraction of sp³-hybridized carbons (Fsp3) is 1.00. The van der Waals surface area contributed by atoms with Crippen LogP contribution in [0.4, 0.5) is 4.39 Å². The molecule has 7 heteroatoms. The molecule has 4 aliphatic rings. The van der Waals surface area contributed by atoms with Gasteiger partial charge in [-0.2, -0.15) is 0 Å². The van der Waals surface area contributed by atoms with Crippen molar-refractivity contribution in [1.82, 2.24) is 20.7 Å². The standard InChI is InChI=1S/C20H35Cl2FN4/c21-16-9-17(22)11-19(10-16)27-7-5-26(6-8-27)13-15-12-24-25-20(15)14-1-3-18(23)4-2-14/h14-20,24-25H,1-13H2. The number of nitrogens with zero attached hydrogens (tertiary/aromatic N) is 2. The van der Waals surface area contributed by atoms with Gasteiger partial charge in [0.2, 0.25) is 0 Å². The number of hydrazine groups is 1. The molecule has 0 amide bonds. The Hall–Kier alpha value is 0.350. The Morgan fingerprint density at radius 2 is 1.56 bits per heavy atom. The zero-order valence-corrected chi connectivity index (χ0v) is 17.8. The third kappa shape index (κ3) is 5.29. The van der Waals surface area contributed by atoms with Gasteiger partial charge in [0.25, 0.3) is 0 Å². The first-order valence-corrected chi connectivity index (χ1v) is 11.8. The highest BCUT2D eigenvalue weighted by Crippen LogP contribution is 2.33. The van der Waals surface area contributed by atoms with Crippen LogP contribution in [0.25, 0.3) is 0 Å². The summed E-state index contributed by atoms with van der Waals surface area (Å²) in [7, 11) is 0. The summed E-state index contributed by atoms with van der Waals surface area (Å²) >= 11 is 12.8. The summed E-state index contributed by atoms with van der Waals surface area (Å²) in [5.74, 6) is 1.26. The second-order valence-electron chi connectivity index (χ2n) is 9.22. The van der Waals surface area contributed by atoms with Gasteiger partial charge in [0.1, 0.15) is 6.17 Å². The maximum absolute atomic E-state index is 13.5. The van der Waals surface area contributed by atoms with Gasteiger partial charge < -0.3 is 4.90 Å². The molecule has 2 N–H and O–H groups in total. The highest BCUT2D eigenvalue weighted by Gasteiger charge is 2.38. The van der Waals surface area contributed by atoms with Crippen LogP contribution in [0.15, 0.2) is 0 Å². The minimum atomic E-state index is -0.568. The quantitative estimate of drug-likeness (QED) is 0.684. The Balaban J connectivity index is 1.24. The smallest absolute Gasteiger partial charge is 0.100 e. The Morgan fingerprint density at radius 1 is 0.889 bits per heavy atom. The summed E-state index contributed by atoms with van der Waals surface area (Å²) in [5, 5.41) is 0.472. The van der Waals surface area contributed by atoms with Crippen molar-refractivity contribution in [3.05, 3.63) is 0 Å². The average molecular weight is 421 g/mol. The topological polar surface area (TPSA) is 30.5 Å². The molecule has 0 spiro atoms. The summed E-state index contributed by atoms with van der Waals surface area (Å²) < 4.78 is 13.5. The van der Waals surface area contributed by atoms with E-state index in [1.165, 1.54) is 0 Å². The zero-order chi connectivity index (χ0) is 18.8. The lowest BCUT2D eigenvalue weighted by Gasteiger charge is -2.43. The molecule has 0 radical (unpaired) electrons. The molecule has 2 saturated heterocycles. The molecule has 156 valence electrons. The molecule has 2 heterocycles. The van der Waals surface area contributed by atoms with Crippen molar-refractivity contribution in [1.29, 1.82) is 0 Å². The van der Waals surface area contributed by atoms with Gasteiger partial charge in [-0.15, -0.1) is 23.2 Å². The van der Waals surface area contributed by atoms with Crippen LogP contribution >= 0.6 is 23.2 Å². The molecule has 0 aromatic rings. The molecule has 27 heavy (non-hydrogen) atoms. The summed E-state index contributed by atoms with van der Waals surface area (Å²) in [5.41, 5.74) is 6.89. The monoisotopic (exact) mass is 420 g/mol. The van der Waals surface area contributed by atoms with Gasteiger partial charge in [-0.3, -0.25) is 15.8 Å². The first-order valence-electron chi connectivity index (χ1n) is 11.0. The van der Waals surface area contributed by atoms with Crippen LogP contribution in [-0.4, -0.2) is 78.1 Å². The van der Waals surface area contributed by atoms with E-state index >= 15 is 0 Å². The van der Waals surface area contributed by atoms with E-state index in [0.29, 0.717) is 23.9 Å². The Kier molecular flexibility index (Phi) is 7.21. The maximum Gasteiger partial charge on any atom is 0.100 e. The van der Waals surface area contributed by atoms with Crippen LogP contribution < -0.4 is 10.9 Å². The van der Waals surface area contributed by atoms with E-state index in [-0.39, 0.29) is 10.8 Å². The predicted molar refractivity (Wildman–Crippen MR) is 110 cm³/mol. The molecule has 4 unspecified atom stereocenters. The number of halogens is 3. The highest BCUT2D eigenvalue weighted by atomic mass is 35.5. The Morgan fingerprint density at radius 3 is 2.22 bits per heavy atom. The lowest BCUT2D eigenvalue weighted by Crippen LogP contribution is -2.54. The molecule has 4 nitrogen and oxygen atoms in total. The van der Waals surface area contributed by atoms with Crippen LogP contribution in [-0.2, 0) is 0 Å². The number of alkyl halides is 3. The summed E-state index contributed by atoms with van der Waals surface area (Å²) in [4.78, 5) is 5.24. The van der Waals surface area contributed by atoms with Crippen molar-refractivity contribution in [3.63, 3.8) is 0 Å². The molecule has 4 rings (SSSR count). The van der Waals surface area contributed by atoms with E-state index in [0.717, 1.165) is 84.2 Å². The first-order chi connectivity index (χ1) is 13.1. The van der Waals surface area contributed by atoms with Crippen LogP contribution in [0.2, 0.25) is 0 Å². The molecule has 4 atom stereocenters. The van der Waals surface area contributed by atoms with Crippen LogP contribution in [0, 0.1) is 11.8 Å². The summed E-state index contributed by atoms with van der Waals surface area (Å²) in [6.07, 6.45) is 6.12. The minimum Gasteiger partial charge on any atom is -0.300 e. The first kappa shape index (κ1) is 20.6. The fourth-order valence-electron chi connectivity index (χ4n) is 5.77. The van der Waals surface area contributed by atoms with Crippen molar-refractivity contribution in [3.8, 4) is 0 Å². The van der Waals surface area contributed by atoms with Gasteiger partial charge >= 0.3 is 0 Å². The van der Waals surface area contributed by atoms with Crippen LogP contribution in [0.5, 0.6) is 0 Å². The lowest BCUT2D eigenvalue weighted by atomic mass is 9.79. The number of rotatable bonds is 4.